The summed E-state index contributed by atoms with van der Waals surface area (Å²) in [7, 11) is 0. The fourth-order valence-electron chi connectivity index (χ4n) is 3.99. The molecule has 0 bridgehead atoms. The highest BCUT2D eigenvalue weighted by molar-refractivity contribution is 5.86. The number of hydrogen-bond acceptors (Lipinski definition) is 4. The molecule has 0 fully saturated rings. The van der Waals surface area contributed by atoms with Crippen molar-refractivity contribution < 1.29 is 9.18 Å². The largest absolute Gasteiger partial charge is 0.356 e. The van der Waals surface area contributed by atoms with Crippen molar-refractivity contribution in [1.29, 1.82) is 0 Å². The Morgan fingerprint density at radius 1 is 1.48 bits per heavy atom. The number of carbonyl (C=O) groups is 1. The highest BCUT2D eigenvalue weighted by Gasteiger charge is 2.31. The first-order valence-electron chi connectivity index (χ1n) is 9.41. The van der Waals surface area contributed by atoms with E-state index in [2.05, 4.69) is 25.8 Å². The summed E-state index contributed by atoms with van der Waals surface area (Å²) in [5, 5.41) is 15.4. The molecule has 0 aliphatic heterocycles. The zero-order valence-corrected chi connectivity index (χ0v) is 15.4. The number of carbonyl (C=O) groups excluding carboxylic acids is 1. The fourth-order valence-corrected chi connectivity index (χ4v) is 3.99. The molecule has 2 N–H and O–H groups in total. The number of halogens is 1. The predicted octanol–water partition coefficient (Wildman–Crippen LogP) is 3.07. The molecule has 1 aromatic carbocycles. The highest BCUT2D eigenvalue weighted by Crippen LogP contribution is 2.35. The number of fused-ring (bicyclic) bond motifs is 3. The summed E-state index contributed by atoms with van der Waals surface area (Å²) in [6.45, 7) is 4.06. The van der Waals surface area contributed by atoms with Crippen molar-refractivity contribution >= 4 is 16.8 Å². The molecular formula is C19H23FN6O. The molecule has 3 aromatic rings. The van der Waals surface area contributed by atoms with Crippen molar-refractivity contribution in [3.63, 3.8) is 0 Å². The van der Waals surface area contributed by atoms with Gasteiger partial charge >= 0.3 is 0 Å². The van der Waals surface area contributed by atoms with E-state index < -0.39 is 6.04 Å². The van der Waals surface area contributed by atoms with E-state index in [9.17, 15) is 9.18 Å². The van der Waals surface area contributed by atoms with E-state index in [4.69, 9.17) is 0 Å². The van der Waals surface area contributed by atoms with Crippen molar-refractivity contribution in [3.05, 3.63) is 41.6 Å². The van der Waals surface area contributed by atoms with E-state index in [1.165, 1.54) is 17.1 Å². The van der Waals surface area contributed by atoms with Crippen LogP contribution < -0.4 is 5.32 Å². The number of benzene rings is 1. The van der Waals surface area contributed by atoms with E-state index >= 15 is 0 Å². The van der Waals surface area contributed by atoms with E-state index in [1.54, 1.807) is 12.1 Å². The lowest BCUT2D eigenvalue weighted by Gasteiger charge is -2.28. The first-order chi connectivity index (χ1) is 13.1. The summed E-state index contributed by atoms with van der Waals surface area (Å²) in [4.78, 5) is 16.5. The molecule has 142 valence electrons. The second-order valence-corrected chi connectivity index (χ2v) is 7.28. The molecule has 4 rings (SSSR count). The van der Waals surface area contributed by atoms with Gasteiger partial charge in [-0.05, 0) is 59.4 Å². The Balaban J connectivity index is 1.63. The first-order valence-corrected chi connectivity index (χ1v) is 9.41. The van der Waals surface area contributed by atoms with Gasteiger partial charge in [-0.2, -0.15) is 0 Å². The molecule has 2 aromatic heterocycles. The van der Waals surface area contributed by atoms with E-state index in [-0.39, 0.29) is 23.7 Å². The van der Waals surface area contributed by atoms with Crippen LogP contribution >= 0.6 is 0 Å². The quantitative estimate of drug-likeness (QED) is 0.722. The average molecular weight is 370 g/mol. The van der Waals surface area contributed by atoms with Crippen LogP contribution in [0.2, 0.25) is 0 Å². The number of rotatable bonds is 5. The van der Waals surface area contributed by atoms with Gasteiger partial charge in [0.05, 0.1) is 6.04 Å². The first kappa shape index (κ1) is 17.6. The minimum atomic E-state index is -0.461. The Morgan fingerprint density at radius 2 is 2.33 bits per heavy atom. The molecular weight excluding hydrogens is 347 g/mol. The minimum absolute atomic E-state index is 0.0911. The maximum absolute atomic E-state index is 13.7. The zero-order chi connectivity index (χ0) is 19.0. The van der Waals surface area contributed by atoms with Crippen LogP contribution in [0.1, 0.15) is 56.5 Å². The van der Waals surface area contributed by atoms with Crippen LogP contribution in [0, 0.1) is 11.7 Å². The number of aromatic nitrogens is 5. The van der Waals surface area contributed by atoms with Crippen molar-refractivity contribution in [2.45, 2.75) is 51.6 Å². The van der Waals surface area contributed by atoms with E-state index in [0.717, 1.165) is 47.8 Å². The molecule has 8 heteroatoms. The molecule has 1 aliphatic carbocycles. The van der Waals surface area contributed by atoms with Crippen LogP contribution in [0.15, 0.2) is 24.5 Å². The lowest BCUT2D eigenvalue weighted by atomic mass is 9.91. The normalized spacial score (nSPS) is 18.9. The van der Waals surface area contributed by atoms with Crippen molar-refractivity contribution in [1.82, 2.24) is 30.5 Å². The maximum atomic E-state index is 13.7. The summed E-state index contributed by atoms with van der Waals surface area (Å²) < 4.78 is 15.2. The smallest absolute Gasteiger partial charge is 0.245 e. The van der Waals surface area contributed by atoms with Gasteiger partial charge in [-0.1, -0.05) is 20.3 Å². The van der Waals surface area contributed by atoms with Gasteiger partial charge in [0.1, 0.15) is 18.2 Å². The topological polar surface area (TPSA) is 88.5 Å². The molecule has 27 heavy (non-hydrogen) atoms. The van der Waals surface area contributed by atoms with Crippen LogP contribution in [0.5, 0.6) is 0 Å². The van der Waals surface area contributed by atoms with Crippen LogP contribution in [-0.2, 0) is 11.2 Å². The third-order valence-electron chi connectivity index (χ3n) is 5.59. The van der Waals surface area contributed by atoms with Crippen LogP contribution in [-0.4, -0.2) is 31.1 Å². The minimum Gasteiger partial charge on any atom is -0.356 e. The second kappa shape index (κ2) is 7.09. The summed E-state index contributed by atoms with van der Waals surface area (Å²) in [5.74, 6) is -0.251. The lowest BCUT2D eigenvalue weighted by molar-refractivity contribution is -0.127. The number of aryl methyl sites for hydroxylation is 1. The summed E-state index contributed by atoms with van der Waals surface area (Å²) >= 11 is 0. The Labute approximate surface area is 156 Å². The summed E-state index contributed by atoms with van der Waals surface area (Å²) in [5.41, 5.74) is 2.99. The molecule has 1 unspecified atom stereocenters. The number of tetrazole rings is 1. The molecule has 0 spiro atoms. The molecule has 2 heterocycles. The van der Waals surface area contributed by atoms with Gasteiger partial charge in [0, 0.05) is 16.6 Å². The number of hydrogen-bond donors (Lipinski definition) is 2. The Bertz CT molecular complexity index is 951. The molecule has 0 saturated heterocycles. The standard InChI is InChI=1S/C19H23FN6O/c1-3-11(2)18(26-10-21-24-25-26)19(27)23-16-6-4-5-13-14-9-12(20)7-8-15(14)22-17(13)16/h7-11,16,18,22H,3-6H2,1-2H3,(H,23,27)/t11-,16?,18-/m0/s1. The van der Waals surface area contributed by atoms with Crippen LogP contribution in [0.4, 0.5) is 4.39 Å². The zero-order valence-electron chi connectivity index (χ0n) is 15.4. The molecule has 0 saturated carbocycles. The van der Waals surface area contributed by atoms with Crippen LogP contribution in [0.25, 0.3) is 10.9 Å². The van der Waals surface area contributed by atoms with E-state index in [0.29, 0.717) is 0 Å². The Kier molecular flexibility index (Phi) is 4.63. The van der Waals surface area contributed by atoms with Crippen molar-refractivity contribution in [2.24, 2.45) is 5.92 Å². The Morgan fingerprint density at radius 3 is 3.07 bits per heavy atom. The average Bonchev–Trinajstić information content (AvgIpc) is 3.30. The monoisotopic (exact) mass is 370 g/mol. The van der Waals surface area contributed by atoms with Crippen LogP contribution in [0.3, 0.4) is 0 Å². The van der Waals surface area contributed by atoms with E-state index in [1.807, 2.05) is 13.8 Å². The van der Waals surface area contributed by atoms with Gasteiger partial charge < -0.3 is 10.3 Å². The molecule has 1 amide bonds. The molecule has 3 atom stereocenters. The third kappa shape index (κ3) is 3.20. The third-order valence-corrected chi connectivity index (χ3v) is 5.59. The van der Waals surface area contributed by atoms with Gasteiger partial charge in [-0.3, -0.25) is 4.79 Å². The molecule has 0 radical (unpaired) electrons. The van der Waals surface area contributed by atoms with Crippen molar-refractivity contribution in [2.75, 3.05) is 0 Å². The second-order valence-electron chi connectivity index (χ2n) is 7.28. The SMILES string of the molecule is CC[C@H](C)[C@@H](C(=O)NC1CCCc2c1[nH]c1ccc(F)cc21)n1cnnn1. The summed E-state index contributed by atoms with van der Waals surface area (Å²) in [6, 6.07) is 4.19. The summed E-state index contributed by atoms with van der Waals surface area (Å²) in [6.07, 6.45) is 4.98. The van der Waals surface area contributed by atoms with Gasteiger partial charge in [0.2, 0.25) is 5.91 Å². The fraction of sp³-hybridized carbons (Fsp3) is 0.474. The number of aromatic amines is 1. The molecule has 7 nitrogen and oxygen atoms in total. The Hall–Kier alpha value is -2.77. The predicted molar refractivity (Wildman–Crippen MR) is 98.4 cm³/mol. The number of nitrogens with zero attached hydrogens (tertiary/aromatic N) is 4. The van der Waals surface area contributed by atoms with Crippen molar-refractivity contribution in [3.8, 4) is 0 Å². The number of nitrogens with one attached hydrogen (secondary N) is 2. The van der Waals surface area contributed by atoms with Gasteiger partial charge in [-0.15, -0.1) is 5.10 Å². The van der Waals surface area contributed by atoms with Gasteiger partial charge in [0.25, 0.3) is 0 Å². The maximum Gasteiger partial charge on any atom is 0.245 e. The molecule has 1 aliphatic rings. The van der Waals surface area contributed by atoms with Gasteiger partial charge in [-0.25, -0.2) is 9.07 Å². The number of H-pyrrole nitrogens is 1. The lowest BCUT2D eigenvalue weighted by Crippen LogP contribution is -2.39. The number of amides is 1. The van der Waals surface area contributed by atoms with Gasteiger partial charge in [0.15, 0.2) is 0 Å². The highest BCUT2D eigenvalue weighted by atomic mass is 19.1.